The van der Waals surface area contributed by atoms with E-state index in [2.05, 4.69) is 15.3 Å². The van der Waals surface area contributed by atoms with E-state index in [0.717, 1.165) is 5.69 Å². The van der Waals surface area contributed by atoms with E-state index in [1.807, 2.05) is 6.92 Å². The summed E-state index contributed by atoms with van der Waals surface area (Å²) in [7, 11) is 1.28. The van der Waals surface area contributed by atoms with Gasteiger partial charge in [0.25, 0.3) is 5.91 Å². The van der Waals surface area contributed by atoms with Crippen LogP contribution in [-0.2, 0) is 14.3 Å². The minimum atomic E-state index is -0.738. The van der Waals surface area contributed by atoms with Crippen molar-refractivity contribution >= 4 is 23.6 Å². The summed E-state index contributed by atoms with van der Waals surface area (Å²) in [5.74, 6) is -0.722. The molecule has 4 heterocycles. The highest BCUT2D eigenvalue weighted by Gasteiger charge is 2.44. The molecule has 1 unspecified atom stereocenters. The van der Waals surface area contributed by atoms with Crippen LogP contribution in [0.15, 0.2) is 6.07 Å². The first-order valence-corrected chi connectivity index (χ1v) is 9.42. The van der Waals surface area contributed by atoms with Gasteiger partial charge in [-0.1, -0.05) is 0 Å². The molecule has 2 fully saturated rings. The Morgan fingerprint density at radius 2 is 1.93 bits per heavy atom. The molecule has 29 heavy (non-hydrogen) atoms. The van der Waals surface area contributed by atoms with Crippen LogP contribution in [0.4, 0.5) is 4.79 Å². The third kappa shape index (κ3) is 3.26. The Bertz CT molecular complexity index is 981. The number of likely N-dealkylation sites (tertiary alicyclic amines) is 1. The van der Waals surface area contributed by atoms with Gasteiger partial charge in [0.05, 0.1) is 18.5 Å². The molecule has 1 atom stereocenters. The minimum Gasteiger partial charge on any atom is -0.467 e. The SMILES string of the molecule is COC(=O)C1COC(=O)N1C1CCN(C(=O)c2nnc3cc(C)nn3c2C)CC1. The Balaban J connectivity index is 1.47. The molecule has 2 saturated heterocycles. The third-order valence-electron chi connectivity index (χ3n) is 5.46. The summed E-state index contributed by atoms with van der Waals surface area (Å²) in [6.45, 7) is 4.49. The van der Waals surface area contributed by atoms with Crippen LogP contribution >= 0.6 is 0 Å². The molecule has 0 radical (unpaired) electrons. The van der Waals surface area contributed by atoms with Gasteiger partial charge in [-0.05, 0) is 26.7 Å². The average Bonchev–Trinajstić information content (AvgIpc) is 3.30. The second-order valence-corrected chi connectivity index (χ2v) is 7.24. The lowest BCUT2D eigenvalue weighted by atomic mass is 10.0. The maximum absolute atomic E-state index is 13.0. The number of hydrogen-bond acceptors (Lipinski definition) is 8. The largest absolute Gasteiger partial charge is 0.467 e. The Kier molecular flexibility index (Phi) is 4.81. The van der Waals surface area contributed by atoms with Gasteiger partial charge in [-0.25, -0.2) is 14.1 Å². The fourth-order valence-electron chi connectivity index (χ4n) is 3.93. The zero-order valence-electron chi connectivity index (χ0n) is 16.5. The number of aryl methyl sites for hydroxylation is 2. The Labute approximate surface area is 166 Å². The van der Waals surface area contributed by atoms with Gasteiger partial charge < -0.3 is 14.4 Å². The van der Waals surface area contributed by atoms with Crippen molar-refractivity contribution in [2.75, 3.05) is 26.8 Å². The van der Waals surface area contributed by atoms with E-state index in [0.29, 0.717) is 37.3 Å². The van der Waals surface area contributed by atoms with Crippen LogP contribution in [0, 0.1) is 13.8 Å². The van der Waals surface area contributed by atoms with Gasteiger partial charge in [-0.15, -0.1) is 10.2 Å². The molecule has 0 saturated carbocycles. The van der Waals surface area contributed by atoms with Crippen LogP contribution in [0.5, 0.6) is 0 Å². The number of cyclic esters (lactones) is 1. The number of esters is 1. The van der Waals surface area contributed by atoms with E-state index < -0.39 is 18.1 Å². The number of carbonyl (C=O) groups excluding carboxylic acids is 3. The zero-order chi connectivity index (χ0) is 20.7. The van der Waals surface area contributed by atoms with Gasteiger partial charge >= 0.3 is 12.1 Å². The van der Waals surface area contributed by atoms with Crippen molar-refractivity contribution in [2.45, 2.75) is 38.8 Å². The number of nitrogens with zero attached hydrogens (tertiary/aromatic N) is 6. The van der Waals surface area contributed by atoms with Gasteiger partial charge in [-0.2, -0.15) is 5.10 Å². The second kappa shape index (κ2) is 7.30. The number of amides is 2. The highest BCUT2D eigenvalue weighted by atomic mass is 16.6. The predicted octanol–water partition coefficient (Wildman–Crippen LogP) is 0.340. The van der Waals surface area contributed by atoms with Gasteiger partial charge in [0.2, 0.25) is 0 Å². The predicted molar refractivity (Wildman–Crippen MR) is 98.2 cm³/mol. The number of hydrogen-bond donors (Lipinski definition) is 0. The van der Waals surface area contributed by atoms with E-state index >= 15 is 0 Å². The van der Waals surface area contributed by atoms with E-state index in [1.54, 1.807) is 22.4 Å². The fraction of sp³-hybridized carbons (Fsp3) is 0.556. The molecule has 154 valence electrons. The van der Waals surface area contributed by atoms with Crippen molar-refractivity contribution in [3.8, 4) is 0 Å². The molecule has 0 bridgehead atoms. The molecule has 2 amide bonds. The average molecular weight is 402 g/mol. The molecule has 4 rings (SSSR count). The quantitative estimate of drug-likeness (QED) is 0.674. The number of fused-ring (bicyclic) bond motifs is 1. The molecule has 11 heteroatoms. The summed E-state index contributed by atoms with van der Waals surface area (Å²) in [4.78, 5) is 40.1. The van der Waals surface area contributed by atoms with Gasteiger partial charge in [0.15, 0.2) is 17.4 Å². The number of carbonyl (C=O) groups is 3. The molecular weight excluding hydrogens is 380 g/mol. The summed E-state index contributed by atoms with van der Waals surface area (Å²) in [5.41, 5.74) is 2.28. The lowest BCUT2D eigenvalue weighted by molar-refractivity contribution is -0.145. The number of methoxy groups -OCH3 is 1. The van der Waals surface area contributed by atoms with Crippen molar-refractivity contribution in [1.82, 2.24) is 29.6 Å². The van der Waals surface area contributed by atoms with Gasteiger partial charge in [0.1, 0.15) is 6.61 Å². The molecule has 0 aliphatic carbocycles. The monoisotopic (exact) mass is 402 g/mol. The molecular formula is C18H22N6O5. The van der Waals surface area contributed by atoms with Crippen molar-refractivity contribution < 1.29 is 23.9 Å². The number of rotatable bonds is 3. The summed E-state index contributed by atoms with van der Waals surface area (Å²) < 4.78 is 11.4. The van der Waals surface area contributed by atoms with E-state index in [1.165, 1.54) is 12.0 Å². The van der Waals surface area contributed by atoms with Crippen molar-refractivity contribution in [3.63, 3.8) is 0 Å². The molecule has 0 aromatic carbocycles. The summed E-state index contributed by atoms with van der Waals surface area (Å²) >= 11 is 0. The number of ether oxygens (including phenoxy) is 2. The van der Waals surface area contributed by atoms with Crippen LogP contribution < -0.4 is 0 Å². The maximum atomic E-state index is 13.0. The maximum Gasteiger partial charge on any atom is 0.410 e. The van der Waals surface area contributed by atoms with E-state index in [4.69, 9.17) is 9.47 Å². The Hall–Kier alpha value is -3.24. The van der Waals surface area contributed by atoms with E-state index in [-0.39, 0.29) is 24.2 Å². The Morgan fingerprint density at radius 1 is 1.21 bits per heavy atom. The smallest absolute Gasteiger partial charge is 0.410 e. The molecule has 0 N–H and O–H groups in total. The van der Waals surface area contributed by atoms with Crippen molar-refractivity contribution in [3.05, 3.63) is 23.1 Å². The normalized spacial score (nSPS) is 20.2. The molecule has 2 aromatic heterocycles. The van der Waals surface area contributed by atoms with Crippen LogP contribution in [0.2, 0.25) is 0 Å². The van der Waals surface area contributed by atoms with E-state index in [9.17, 15) is 14.4 Å². The lowest BCUT2D eigenvalue weighted by Gasteiger charge is -2.37. The summed E-state index contributed by atoms with van der Waals surface area (Å²) in [6.07, 6.45) is 0.541. The first kappa shape index (κ1) is 19.1. The van der Waals surface area contributed by atoms with Crippen molar-refractivity contribution in [2.24, 2.45) is 0 Å². The topological polar surface area (TPSA) is 119 Å². The molecule has 2 aliphatic heterocycles. The van der Waals surface area contributed by atoms with Crippen LogP contribution in [-0.4, -0.2) is 86.5 Å². The third-order valence-corrected chi connectivity index (χ3v) is 5.46. The number of piperidine rings is 1. The zero-order valence-corrected chi connectivity index (χ0v) is 16.5. The fourth-order valence-corrected chi connectivity index (χ4v) is 3.93. The second-order valence-electron chi connectivity index (χ2n) is 7.24. The van der Waals surface area contributed by atoms with Crippen LogP contribution in [0.1, 0.15) is 34.7 Å². The lowest BCUT2D eigenvalue weighted by Crippen LogP contribution is -2.52. The molecule has 2 aromatic rings. The van der Waals surface area contributed by atoms with Gasteiger partial charge in [0, 0.05) is 25.2 Å². The molecule has 2 aliphatic rings. The number of aromatic nitrogens is 4. The van der Waals surface area contributed by atoms with Crippen LogP contribution in [0.25, 0.3) is 5.65 Å². The Morgan fingerprint density at radius 3 is 2.62 bits per heavy atom. The molecule has 0 spiro atoms. The standard InChI is InChI=1S/C18H22N6O5/c1-10-8-14-19-20-15(11(2)24(14)21-10)16(25)22-6-4-12(5-7-22)23-13(17(26)28-3)9-29-18(23)27/h8,12-13H,4-7,9H2,1-3H3. The molecule has 11 nitrogen and oxygen atoms in total. The first-order valence-electron chi connectivity index (χ1n) is 9.42. The highest BCUT2D eigenvalue weighted by molar-refractivity contribution is 5.93. The highest BCUT2D eigenvalue weighted by Crippen LogP contribution is 2.25. The van der Waals surface area contributed by atoms with Crippen LogP contribution in [0.3, 0.4) is 0 Å². The summed E-state index contributed by atoms with van der Waals surface area (Å²) in [6, 6.07) is 0.868. The van der Waals surface area contributed by atoms with Gasteiger partial charge in [-0.3, -0.25) is 9.69 Å². The first-order chi connectivity index (χ1) is 13.9. The summed E-state index contributed by atoms with van der Waals surface area (Å²) in [5, 5.41) is 12.5. The minimum absolute atomic E-state index is 0.0112. The van der Waals surface area contributed by atoms with Crippen molar-refractivity contribution in [1.29, 1.82) is 0 Å².